The monoisotopic (exact) mass is 244 g/mol. The van der Waals surface area contributed by atoms with Crippen LogP contribution < -0.4 is 0 Å². The van der Waals surface area contributed by atoms with Crippen LogP contribution >= 0.6 is 12.6 Å². The Morgan fingerprint density at radius 2 is 1.29 bits per heavy atom. The van der Waals surface area contributed by atoms with E-state index in [1.54, 1.807) is 0 Å². The van der Waals surface area contributed by atoms with Gasteiger partial charge >= 0.3 is 18.0 Å². The van der Waals surface area contributed by atoms with Crippen LogP contribution in [0.5, 0.6) is 0 Å². The molecular formula is C6H7F7S. The molecule has 0 amide bonds. The Morgan fingerprint density at radius 3 is 1.57 bits per heavy atom. The van der Waals surface area contributed by atoms with E-state index in [4.69, 9.17) is 0 Å². The van der Waals surface area contributed by atoms with E-state index in [1.807, 2.05) is 0 Å². The molecule has 0 atom stereocenters. The summed E-state index contributed by atoms with van der Waals surface area (Å²) >= 11 is 3.44. The Balaban J connectivity index is 4.69. The lowest BCUT2D eigenvalue weighted by molar-refractivity contribution is -0.355. The summed E-state index contributed by atoms with van der Waals surface area (Å²) in [6.07, 6.45) is -8.28. The molecule has 0 heterocycles. The van der Waals surface area contributed by atoms with Gasteiger partial charge in [-0.15, -0.1) is 0 Å². The smallest absolute Gasteiger partial charge is 0.200 e. The van der Waals surface area contributed by atoms with Crippen LogP contribution in [-0.4, -0.2) is 23.8 Å². The zero-order valence-electron chi connectivity index (χ0n) is 6.71. The van der Waals surface area contributed by atoms with Crippen molar-refractivity contribution in [1.29, 1.82) is 0 Å². The van der Waals surface area contributed by atoms with Crippen LogP contribution in [-0.2, 0) is 0 Å². The maximum Gasteiger partial charge on any atom is 0.459 e. The van der Waals surface area contributed by atoms with Crippen molar-refractivity contribution in [2.24, 2.45) is 0 Å². The van der Waals surface area contributed by atoms with Crippen molar-refractivity contribution < 1.29 is 30.7 Å². The minimum absolute atomic E-state index is 0.177. The van der Waals surface area contributed by atoms with Gasteiger partial charge < -0.3 is 0 Å². The molecule has 0 aliphatic carbocycles. The number of thiol groups is 1. The molecule has 0 fully saturated rings. The van der Waals surface area contributed by atoms with Crippen molar-refractivity contribution in [2.75, 3.05) is 5.75 Å². The number of halogens is 7. The minimum Gasteiger partial charge on any atom is -0.200 e. The number of alkyl halides is 7. The van der Waals surface area contributed by atoms with E-state index < -0.39 is 30.9 Å². The Labute approximate surface area is 80.9 Å². The molecule has 0 aromatic heterocycles. The van der Waals surface area contributed by atoms with Crippen LogP contribution in [0.25, 0.3) is 0 Å². The van der Waals surface area contributed by atoms with Gasteiger partial charge in [-0.25, -0.2) is 0 Å². The second kappa shape index (κ2) is 4.16. The zero-order valence-corrected chi connectivity index (χ0v) is 7.61. The van der Waals surface area contributed by atoms with Crippen LogP contribution in [0.15, 0.2) is 0 Å². The van der Waals surface area contributed by atoms with Crippen molar-refractivity contribution in [1.82, 2.24) is 0 Å². The maximum absolute atomic E-state index is 12.4. The van der Waals surface area contributed by atoms with Gasteiger partial charge in [0.1, 0.15) is 0 Å². The Morgan fingerprint density at radius 1 is 0.857 bits per heavy atom. The van der Waals surface area contributed by atoms with Crippen LogP contribution in [0.4, 0.5) is 30.7 Å². The molecule has 0 aromatic carbocycles. The number of rotatable bonds is 4. The van der Waals surface area contributed by atoms with Gasteiger partial charge in [-0.3, -0.25) is 0 Å². The van der Waals surface area contributed by atoms with Gasteiger partial charge in [-0.05, 0) is 12.2 Å². The molecule has 0 bridgehead atoms. The lowest BCUT2D eigenvalue weighted by atomic mass is 10.1. The first-order valence-electron chi connectivity index (χ1n) is 3.49. The molecule has 14 heavy (non-hydrogen) atoms. The maximum atomic E-state index is 12.4. The van der Waals surface area contributed by atoms with E-state index >= 15 is 0 Å². The second-order valence-corrected chi connectivity index (χ2v) is 3.05. The van der Waals surface area contributed by atoms with Crippen LogP contribution in [0.1, 0.15) is 12.8 Å². The molecule has 0 saturated carbocycles. The largest absolute Gasteiger partial charge is 0.459 e. The highest BCUT2D eigenvalue weighted by Crippen LogP contribution is 2.48. The summed E-state index contributed by atoms with van der Waals surface area (Å²) in [5.41, 5.74) is 0. The van der Waals surface area contributed by atoms with Crippen molar-refractivity contribution in [3.8, 4) is 0 Å². The van der Waals surface area contributed by atoms with Gasteiger partial charge in [0, 0.05) is 6.42 Å². The van der Waals surface area contributed by atoms with Gasteiger partial charge in [0.15, 0.2) is 0 Å². The fraction of sp³-hybridized carbons (Fsp3) is 1.00. The fourth-order valence-electron chi connectivity index (χ4n) is 0.665. The fourth-order valence-corrected chi connectivity index (χ4v) is 0.824. The normalized spacial score (nSPS) is 14.6. The average molecular weight is 244 g/mol. The molecule has 0 aliphatic rings. The average Bonchev–Trinajstić information content (AvgIpc) is 1.98. The standard InChI is InChI=1S/C6H7F7S/c7-4(8,2-1-3-14)5(9,10)6(11,12)13/h14H,1-3H2. The number of hydrogen-bond donors (Lipinski definition) is 1. The molecule has 86 valence electrons. The molecule has 8 heteroatoms. The molecule has 0 rings (SSSR count). The van der Waals surface area contributed by atoms with Crippen LogP contribution in [0.3, 0.4) is 0 Å². The van der Waals surface area contributed by atoms with Crippen molar-refractivity contribution in [3.63, 3.8) is 0 Å². The minimum atomic E-state index is -6.23. The van der Waals surface area contributed by atoms with Crippen molar-refractivity contribution in [2.45, 2.75) is 30.9 Å². The summed E-state index contributed by atoms with van der Waals surface area (Å²) in [5.74, 6) is -11.2. The summed E-state index contributed by atoms with van der Waals surface area (Å²) in [5, 5.41) is 0. The topological polar surface area (TPSA) is 0 Å². The highest BCUT2D eigenvalue weighted by molar-refractivity contribution is 7.80. The third kappa shape index (κ3) is 2.68. The van der Waals surface area contributed by atoms with Crippen molar-refractivity contribution in [3.05, 3.63) is 0 Å². The van der Waals surface area contributed by atoms with Gasteiger partial charge in [-0.1, -0.05) is 0 Å². The quantitative estimate of drug-likeness (QED) is 0.567. The van der Waals surface area contributed by atoms with E-state index in [2.05, 4.69) is 12.6 Å². The molecule has 0 aliphatic heterocycles. The lowest BCUT2D eigenvalue weighted by Gasteiger charge is -2.27. The molecular weight excluding hydrogens is 237 g/mol. The van der Waals surface area contributed by atoms with E-state index in [9.17, 15) is 30.7 Å². The highest BCUT2D eigenvalue weighted by Gasteiger charge is 2.72. The third-order valence-corrected chi connectivity index (χ3v) is 1.78. The van der Waals surface area contributed by atoms with Gasteiger partial charge in [0.2, 0.25) is 0 Å². The SMILES string of the molecule is FC(F)(F)C(F)(F)C(F)(F)CCCS. The van der Waals surface area contributed by atoms with Crippen molar-refractivity contribution >= 4 is 12.6 Å². The summed E-state index contributed by atoms with van der Waals surface area (Å²) in [6.45, 7) is 0. The first kappa shape index (κ1) is 13.9. The predicted octanol–water partition coefficient (Wildman–Crippen LogP) is 3.53. The Bertz CT molecular complexity index is 185. The molecule has 0 aromatic rings. The first-order valence-corrected chi connectivity index (χ1v) is 4.13. The third-order valence-electron chi connectivity index (χ3n) is 1.46. The van der Waals surface area contributed by atoms with Gasteiger partial charge in [-0.2, -0.15) is 43.4 Å². The first-order chi connectivity index (χ1) is 6.06. The summed E-state index contributed by atoms with van der Waals surface area (Å²) < 4.78 is 83.5. The Kier molecular flexibility index (Phi) is 4.12. The van der Waals surface area contributed by atoms with E-state index in [-0.39, 0.29) is 5.75 Å². The summed E-state index contributed by atoms with van der Waals surface area (Å²) in [7, 11) is 0. The predicted molar refractivity (Wildman–Crippen MR) is 39.0 cm³/mol. The molecule has 0 spiro atoms. The molecule has 0 nitrogen and oxygen atoms in total. The van der Waals surface area contributed by atoms with E-state index in [0.29, 0.717) is 0 Å². The lowest BCUT2D eigenvalue weighted by Crippen LogP contribution is -2.51. The van der Waals surface area contributed by atoms with Crippen LogP contribution in [0, 0.1) is 0 Å². The zero-order chi connectivity index (χ0) is 11.6. The Hall–Kier alpha value is -0.140. The molecule has 0 saturated heterocycles. The van der Waals surface area contributed by atoms with E-state index in [1.165, 1.54) is 0 Å². The molecule has 0 radical (unpaired) electrons. The van der Waals surface area contributed by atoms with Gasteiger partial charge in [0.25, 0.3) is 0 Å². The summed E-state index contributed by atoms with van der Waals surface area (Å²) in [4.78, 5) is 0. The van der Waals surface area contributed by atoms with Crippen LogP contribution in [0.2, 0.25) is 0 Å². The number of hydrogen-bond acceptors (Lipinski definition) is 1. The van der Waals surface area contributed by atoms with E-state index in [0.717, 1.165) is 0 Å². The van der Waals surface area contributed by atoms with Gasteiger partial charge in [0.05, 0.1) is 0 Å². The molecule has 0 unspecified atom stereocenters. The summed E-state index contributed by atoms with van der Waals surface area (Å²) in [6, 6.07) is 0. The highest BCUT2D eigenvalue weighted by atomic mass is 32.1. The molecule has 0 N–H and O–H groups in total. The second-order valence-electron chi connectivity index (χ2n) is 2.60.